The zero-order valence-corrected chi connectivity index (χ0v) is 10.6. The molecule has 0 bridgehead atoms. The molecule has 2 rings (SSSR count). The minimum absolute atomic E-state index is 0.0641. The summed E-state index contributed by atoms with van der Waals surface area (Å²) in [6.45, 7) is 2.40. The van der Waals surface area contributed by atoms with Crippen LogP contribution in [0.2, 0.25) is 0 Å². The number of nitrogens with two attached hydrogens (primary N) is 1. The molecule has 1 fully saturated rings. The third-order valence-corrected chi connectivity index (χ3v) is 3.04. The van der Waals surface area contributed by atoms with E-state index in [9.17, 15) is 9.59 Å². The smallest absolute Gasteiger partial charge is 0.315 e. The van der Waals surface area contributed by atoms with E-state index in [0.29, 0.717) is 13.0 Å². The second-order valence-electron chi connectivity index (χ2n) is 4.60. The number of primary amides is 1. The molecule has 1 aliphatic rings. The molecule has 19 heavy (non-hydrogen) atoms. The molecule has 2 amide bonds. The van der Waals surface area contributed by atoms with Gasteiger partial charge in [0.05, 0.1) is 6.54 Å². The largest absolute Gasteiger partial charge is 0.365 e. The van der Waals surface area contributed by atoms with Crippen LogP contribution >= 0.6 is 0 Å². The highest BCUT2D eigenvalue weighted by Crippen LogP contribution is 2.24. The van der Waals surface area contributed by atoms with E-state index in [1.54, 1.807) is 6.92 Å². The second kappa shape index (κ2) is 5.35. The fraction of sp³-hybridized carbons (Fsp3) is 0.636. The number of rotatable bonds is 4. The second-order valence-corrected chi connectivity index (χ2v) is 4.60. The van der Waals surface area contributed by atoms with E-state index < -0.39 is 11.5 Å². The molecular formula is C11H16N4O4. The summed E-state index contributed by atoms with van der Waals surface area (Å²) in [6, 6.07) is 0. The van der Waals surface area contributed by atoms with E-state index in [-0.39, 0.29) is 24.2 Å². The first-order valence-corrected chi connectivity index (χ1v) is 6.06. The van der Waals surface area contributed by atoms with Crippen molar-refractivity contribution in [1.29, 1.82) is 0 Å². The summed E-state index contributed by atoms with van der Waals surface area (Å²) in [7, 11) is 0. The maximum absolute atomic E-state index is 12.0. The van der Waals surface area contributed by atoms with Crippen LogP contribution in [-0.4, -0.2) is 34.2 Å². The predicted molar refractivity (Wildman–Crippen MR) is 62.9 cm³/mol. The molecule has 0 aliphatic carbocycles. The van der Waals surface area contributed by atoms with Crippen LogP contribution < -0.4 is 11.1 Å². The van der Waals surface area contributed by atoms with Gasteiger partial charge in [0, 0.05) is 6.61 Å². The van der Waals surface area contributed by atoms with Gasteiger partial charge in [0.15, 0.2) is 5.82 Å². The van der Waals surface area contributed by atoms with E-state index in [0.717, 1.165) is 12.8 Å². The van der Waals surface area contributed by atoms with Gasteiger partial charge in [-0.3, -0.25) is 9.59 Å². The summed E-state index contributed by atoms with van der Waals surface area (Å²) >= 11 is 0. The van der Waals surface area contributed by atoms with Crippen molar-refractivity contribution >= 4 is 11.8 Å². The van der Waals surface area contributed by atoms with Gasteiger partial charge in [-0.1, -0.05) is 5.16 Å². The fourth-order valence-corrected chi connectivity index (χ4v) is 1.89. The van der Waals surface area contributed by atoms with Crippen molar-refractivity contribution in [2.75, 3.05) is 6.61 Å². The Kier molecular flexibility index (Phi) is 3.79. The molecule has 2 heterocycles. The molecule has 8 heteroatoms. The first kappa shape index (κ1) is 13.5. The SMILES string of the molecule is CC1(C(=O)NCc2noc(C(N)=O)n2)CCCCO1. The molecule has 1 aliphatic heterocycles. The predicted octanol–water partition coefficient (Wildman–Crippen LogP) is -0.256. The third-order valence-electron chi connectivity index (χ3n) is 3.04. The van der Waals surface area contributed by atoms with Gasteiger partial charge in [-0.25, -0.2) is 0 Å². The monoisotopic (exact) mass is 268 g/mol. The van der Waals surface area contributed by atoms with Gasteiger partial charge in [-0.2, -0.15) is 4.98 Å². The summed E-state index contributed by atoms with van der Waals surface area (Å²) in [6.07, 6.45) is 2.60. The van der Waals surface area contributed by atoms with Gasteiger partial charge >= 0.3 is 11.8 Å². The Morgan fingerprint density at radius 1 is 1.47 bits per heavy atom. The fourth-order valence-electron chi connectivity index (χ4n) is 1.89. The average molecular weight is 268 g/mol. The number of hydrogen-bond acceptors (Lipinski definition) is 6. The highest BCUT2D eigenvalue weighted by Gasteiger charge is 2.35. The lowest BCUT2D eigenvalue weighted by Crippen LogP contribution is -2.48. The molecular weight excluding hydrogens is 252 g/mol. The van der Waals surface area contributed by atoms with Crippen LogP contribution in [0.4, 0.5) is 0 Å². The van der Waals surface area contributed by atoms with E-state index in [1.807, 2.05) is 0 Å². The number of carbonyl (C=O) groups excluding carboxylic acids is 2. The standard InChI is InChI=1S/C11H16N4O4/c1-11(4-2-3-5-18-11)10(17)13-6-7-14-9(8(12)16)19-15-7/h2-6H2,1H3,(H2,12,16)(H,13,17). The molecule has 1 unspecified atom stereocenters. The van der Waals surface area contributed by atoms with Gasteiger partial charge in [0.25, 0.3) is 5.91 Å². The van der Waals surface area contributed by atoms with Crippen LogP contribution in [0.15, 0.2) is 4.52 Å². The van der Waals surface area contributed by atoms with Crippen molar-refractivity contribution in [3.05, 3.63) is 11.7 Å². The Hall–Kier alpha value is -1.96. The highest BCUT2D eigenvalue weighted by atomic mass is 16.5. The van der Waals surface area contributed by atoms with Gasteiger partial charge in [0.2, 0.25) is 0 Å². The Labute approximate surface area is 109 Å². The van der Waals surface area contributed by atoms with Gasteiger partial charge in [-0.05, 0) is 26.2 Å². The van der Waals surface area contributed by atoms with Crippen molar-refractivity contribution in [2.45, 2.75) is 38.3 Å². The molecule has 1 aromatic heterocycles. The summed E-state index contributed by atoms with van der Waals surface area (Å²) in [5, 5.41) is 6.20. The van der Waals surface area contributed by atoms with Crippen LogP contribution in [-0.2, 0) is 16.1 Å². The van der Waals surface area contributed by atoms with Gasteiger partial charge in [-0.15, -0.1) is 0 Å². The summed E-state index contributed by atoms with van der Waals surface area (Å²) in [5.41, 5.74) is 4.17. The molecule has 0 spiro atoms. The Bertz CT molecular complexity index is 479. The van der Waals surface area contributed by atoms with Crippen molar-refractivity contribution in [1.82, 2.24) is 15.5 Å². The number of hydrogen-bond donors (Lipinski definition) is 2. The summed E-state index contributed by atoms with van der Waals surface area (Å²) < 4.78 is 10.1. The first-order chi connectivity index (χ1) is 9.01. The minimum atomic E-state index is -0.811. The maximum atomic E-state index is 12.0. The van der Waals surface area contributed by atoms with E-state index >= 15 is 0 Å². The molecule has 0 aromatic carbocycles. The van der Waals surface area contributed by atoms with Crippen LogP contribution in [0.3, 0.4) is 0 Å². The summed E-state index contributed by atoms with van der Waals surface area (Å²) in [4.78, 5) is 26.5. The zero-order valence-electron chi connectivity index (χ0n) is 10.6. The topological polar surface area (TPSA) is 120 Å². The number of nitrogens with zero attached hydrogens (tertiary/aromatic N) is 2. The van der Waals surface area contributed by atoms with Crippen molar-refractivity contribution in [3.63, 3.8) is 0 Å². The molecule has 1 saturated heterocycles. The average Bonchev–Trinajstić information content (AvgIpc) is 2.85. The lowest BCUT2D eigenvalue weighted by atomic mass is 9.95. The Morgan fingerprint density at radius 2 is 2.26 bits per heavy atom. The van der Waals surface area contributed by atoms with Gasteiger partial charge in [0.1, 0.15) is 5.60 Å². The zero-order chi connectivity index (χ0) is 13.9. The first-order valence-electron chi connectivity index (χ1n) is 6.06. The number of aromatic nitrogens is 2. The van der Waals surface area contributed by atoms with Crippen LogP contribution in [0.1, 0.15) is 42.7 Å². The van der Waals surface area contributed by atoms with Gasteiger partial charge < -0.3 is 20.3 Å². The lowest BCUT2D eigenvalue weighted by Gasteiger charge is -2.32. The number of ether oxygens (including phenoxy) is 1. The van der Waals surface area contributed by atoms with Crippen molar-refractivity contribution in [2.24, 2.45) is 5.73 Å². The minimum Gasteiger partial charge on any atom is -0.365 e. The van der Waals surface area contributed by atoms with E-state index in [4.69, 9.17) is 10.5 Å². The molecule has 1 aromatic rings. The van der Waals surface area contributed by atoms with E-state index in [2.05, 4.69) is 20.0 Å². The highest BCUT2D eigenvalue weighted by molar-refractivity contribution is 5.87. The van der Waals surface area contributed by atoms with Crippen LogP contribution in [0.5, 0.6) is 0 Å². The lowest BCUT2D eigenvalue weighted by molar-refractivity contribution is -0.150. The molecule has 8 nitrogen and oxygen atoms in total. The number of amides is 2. The molecule has 1 atom stereocenters. The number of carbonyl (C=O) groups is 2. The quantitative estimate of drug-likeness (QED) is 0.776. The van der Waals surface area contributed by atoms with E-state index in [1.165, 1.54) is 0 Å². The maximum Gasteiger partial charge on any atom is 0.315 e. The third kappa shape index (κ3) is 3.08. The molecule has 0 radical (unpaired) electrons. The molecule has 104 valence electrons. The normalized spacial score (nSPS) is 23.0. The van der Waals surface area contributed by atoms with Crippen molar-refractivity contribution < 1.29 is 18.8 Å². The Morgan fingerprint density at radius 3 is 2.84 bits per heavy atom. The number of nitrogens with one attached hydrogen (secondary N) is 1. The van der Waals surface area contributed by atoms with Crippen LogP contribution in [0.25, 0.3) is 0 Å². The van der Waals surface area contributed by atoms with Crippen molar-refractivity contribution in [3.8, 4) is 0 Å². The molecule has 0 saturated carbocycles. The summed E-state index contributed by atoms with van der Waals surface area (Å²) in [5.74, 6) is -1.10. The van der Waals surface area contributed by atoms with Crippen LogP contribution in [0, 0.1) is 0 Å². The Balaban J connectivity index is 1.90. The molecule has 3 N–H and O–H groups in total.